The number of hydrogen-bond acceptors (Lipinski definition) is 3. The van der Waals surface area contributed by atoms with Crippen molar-refractivity contribution in [2.75, 3.05) is 19.7 Å². The SMILES string of the molecule is CCOC(=O)N1CCC(NCc2ccccc2Br)CC1. The van der Waals surface area contributed by atoms with Crippen molar-refractivity contribution in [3.05, 3.63) is 34.3 Å². The second-order valence-corrected chi connectivity index (χ2v) is 5.79. The summed E-state index contributed by atoms with van der Waals surface area (Å²) in [6, 6.07) is 8.70. The monoisotopic (exact) mass is 340 g/mol. The second kappa shape index (κ2) is 7.64. The van der Waals surface area contributed by atoms with Gasteiger partial charge in [0.15, 0.2) is 0 Å². The lowest BCUT2D eigenvalue weighted by atomic mass is 10.0. The van der Waals surface area contributed by atoms with Crippen LogP contribution in [-0.4, -0.2) is 36.7 Å². The van der Waals surface area contributed by atoms with E-state index in [-0.39, 0.29) is 6.09 Å². The van der Waals surface area contributed by atoms with E-state index in [4.69, 9.17) is 4.74 Å². The molecular formula is C15H21BrN2O2. The van der Waals surface area contributed by atoms with Gasteiger partial charge in [0.25, 0.3) is 0 Å². The van der Waals surface area contributed by atoms with Gasteiger partial charge in [-0.15, -0.1) is 0 Å². The quantitative estimate of drug-likeness (QED) is 0.915. The minimum atomic E-state index is -0.184. The van der Waals surface area contributed by atoms with E-state index in [2.05, 4.69) is 33.4 Å². The Kier molecular flexibility index (Phi) is 5.86. The molecule has 0 aromatic heterocycles. The number of ether oxygens (including phenoxy) is 1. The number of carbonyl (C=O) groups is 1. The number of amides is 1. The van der Waals surface area contributed by atoms with E-state index in [1.54, 1.807) is 4.90 Å². The molecule has 0 unspecified atom stereocenters. The molecule has 4 nitrogen and oxygen atoms in total. The van der Waals surface area contributed by atoms with Crippen LogP contribution < -0.4 is 5.32 Å². The van der Waals surface area contributed by atoms with Crippen molar-refractivity contribution in [3.8, 4) is 0 Å². The molecule has 1 aromatic rings. The maximum atomic E-state index is 11.6. The summed E-state index contributed by atoms with van der Waals surface area (Å²) in [4.78, 5) is 13.4. The van der Waals surface area contributed by atoms with Crippen molar-refractivity contribution in [2.24, 2.45) is 0 Å². The first-order chi connectivity index (χ1) is 9.70. The summed E-state index contributed by atoms with van der Waals surface area (Å²) < 4.78 is 6.16. The molecule has 0 aliphatic carbocycles. The number of rotatable bonds is 4. The molecule has 0 saturated carbocycles. The lowest BCUT2D eigenvalue weighted by Crippen LogP contribution is -2.44. The fraction of sp³-hybridized carbons (Fsp3) is 0.533. The van der Waals surface area contributed by atoms with Crippen LogP contribution in [0.4, 0.5) is 4.79 Å². The molecule has 0 atom stereocenters. The molecule has 0 radical (unpaired) electrons. The van der Waals surface area contributed by atoms with Crippen LogP contribution in [0.15, 0.2) is 28.7 Å². The topological polar surface area (TPSA) is 41.6 Å². The Labute approximate surface area is 128 Å². The van der Waals surface area contributed by atoms with Gasteiger partial charge < -0.3 is 15.0 Å². The number of likely N-dealkylation sites (tertiary alicyclic amines) is 1. The summed E-state index contributed by atoms with van der Waals surface area (Å²) >= 11 is 3.56. The number of halogens is 1. The Morgan fingerprint density at radius 3 is 2.75 bits per heavy atom. The van der Waals surface area contributed by atoms with Gasteiger partial charge >= 0.3 is 6.09 Å². The van der Waals surface area contributed by atoms with Crippen molar-refractivity contribution >= 4 is 22.0 Å². The number of nitrogens with zero attached hydrogens (tertiary/aromatic N) is 1. The van der Waals surface area contributed by atoms with E-state index in [1.165, 1.54) is 5.56 Å². The van der Waals surface area contributed by atoms with Crippen LogP contribution in [0, 0.1) is 0 Å². The molecule has 1 aliphatic rings. The van der Waals surface area contributed by atoms with Gasteiger partial charge in [-0.1, -0.05) is 34.1 Å². The van der Waals surface area contributed by atoms with Crippen molar-refractivity contribution in [1.29, 1.82) is 0 Å². The first-order valence-electron chi connectivity index (χ1n) is 7.09. The Balaban J connectivity index is 1.75. The largest absolute Gasteiger partial charge is 0.450 e. The Morgan fingerprint density at radius 1 is 1.40 bits per heavy atom. The Morgan fingerprint density at radius 2 is 2.10 bits per heavy atom. The van der Waals surface area contributed by atoms with E-state index in [9.17, 15) is 4.79 Å². The molecule has 2 rings (SSSR count). The minimum Gasteiger partial charge on any atom is -0.450 e. The highest BCUT2D eigenvalue weighted by molar-refractivity contribution is 9.10. The van der Waals surface area contributed by atoms with Crippen LogP contribution in [0.5, 0.6) is 0 Å². The van der Waals surface area contributed by atoms with Crippen LogP contribution in [0.2, 0.25) is 0 Å². The van der Waals surface area contributed by atoms with Gasteiger partial charge in [-0.05, 0) is 31.4 Å². The lowest BCUT2D eigenvalue weighted by Gasteiger charge is -2.31. The average molecular weight is 341 g/mol. The maximum absolute atomic E-state index is 11.6. The normalized spacial score (nSPS) is 16.2. The number of benzene rings is 1. The van der Waals surface area contributed by atoms with Crippen molar-refractivity contribution in [2.45, 2.75) is 32.4 Å². The first kappa shape index (κ1) is 15.3. The molecule has 1 aliphatic heterocycles. The fourth-order valence-corrected chi connectivity index (χ4v) is 2.80. The van der Waals surface area contributed by atoms with Gasteiger partial charge in [-0.2, -0.15) is 0 Å². The predicted octanol–water partition coefficient (Wildman–Crippen LogP) is 3.16. The lowest BCUT2D eigenvalue weighted by molar-refractivity contribution is 0.0950. The molecule has 1 aromatic carbocycles. The highest BCUT2D eigenvalue weighted by Gasteiger charge is 2.23. The number of nitrogens with one attached hydrogen (secondary N) is 1. The number of carbonyl (C=O) groups excluding carboxylic acids is 1. The van der Waals surface area contributed by atoms with E-state index in [0.717, 1.165) is 36.9 Å². The summed E-state index contributed by atoms with van der Waals surface area (Å²) in [5.41, 5.74) is 1.26. The van der Waals surface area contributed by atoms with E-state index in [1.807, 2.05) is 19.1 Å². The van der Waals surface area contributed by atoms with E-state index in [0.29, 0.717) is 12.6 Å². The third-order valence-electron chi connectivity index (χ3n) is 3.56. The fourth-order valence-electron chi connectivity index (χ4n) is 2.38. The smallest absolute Gasteiger partial charge is 0.409 e. The van der Waals surface area contributed by atoms with Crippen LogP contribution in [-0.2, 0) is 11.3 Å². The predicted molar refractivity (Wildman–Crippen MR) is 82.6 cm³/mol. The zero-order valence-electron chi connectivity index (χ0n) is 11.8. The van der Waals surface area contributed by atoms with Crippen LogP contribution in [0.1, 0.15) is 25.3 Å². The van der Waals surface area contributed by atoms with Crippen molar-refractivity contribution in [3.63, 3.8) is 0 Å². The molecule has 0 bridgehead atoms. The van der Waals surface area contributed by atoms with Crippen LogP contribution in [0.25, 0.3) is 0 Å². The molecule has 1 heterocycles. The van der Waals surface area contributed by atoms with Crippen LogP contribution in [0.3, 0.4) is 0 Å². The Bertz CT molecular complexity index is 445. The Hall–Kier alpha value is -1.07. The van der Waals surface area contributed by atoms with Gasteiger partial charge in [-0.25, -0.2) is 4.79 Å². The molecule has 1 N–H and O–H groups in total. The van der Waals surface area contributed by atoms with Gasteiger partial charge in [-0.3, -0.25) is 0 Å². The summed E-state index contributed by atoms with van der Waals surface area (Å²) in [6.45, 7) is 4.67. The molecule has 1 fully saturated rings. The molecule has 110 valence electrons. The molecule has 5 heteroatoms. The van der Waals surface area contributed by atoms with Crippen molar-refractivity contribution in [1.82, 2.24) is 10.2 Å². The summed E-state index contributed by atoms with van der Waals surface area (Å²) in [5, 5.41) is 3.56. The third-order valence-corrected chi connectivity index (χ3v) is 4.33. The zero-order chi connectivity index (χ0) is 14.4. The van der Waals surface area contributed by atoms with E-state index >= 15 is 0 Å². The molecular weight excluding hydrogens is 320 g/mol. The van der Waals surface area contributed by atoms with Gasteiger partial charge in [0.05, 0.1) is 6.61 Å². The molecule has 20 heavy (non-hydrogen) atoms. The highest BCUT2D eigenvalue weighted by Crippen LogP contribution is 2.17. The van der Waals surface area contributed by atoms with Gasteiger partial charge in [0.1, 0.15) is 0 Å². The molecule has 1 saturated heterocycles. The minimum absolute atomic E-state index is 0.184. The van der Waals surface area contributed by atoms with Crippen LogP contribution >= 0.6 is 15.9 Å². The standard InChI is InChI=1S/C15H21BrN2O2/c1-2-20-15(19)18-9-7-13(8-10-18)17-11-12-5-3-4-6-14(12)16/h3-6,13,17H,2,7-11H2,1H3. The zero-order valence-corrected chi connectivity index (χ0v) is 13.4. The molecule has 0 spiro atoms. The van der Waals surface area contributed by atoms with Gasteiger partial charge in [0, 0.05) is 30.1 Å². The van der Waals surface area contributed by atoms with Crippen molar-refractivity contribution < 1.29 is 9.53 Å². The summed E-state index contributed by atoms with van der Waals surface area (Å²) in [6.07, 6.45) is 1.77. The summed E-state index contributed by atoms with van der Waals surface area (Å²) in [7, 11) is 0. The van der Waals surface area contributed by atoms with Gasteiger partial charge in [0.2, 0.25) is 0 Å². The highest BCUT2D eigenvalue weighted by atomic mass is 79.9. The first-order valence-corrected chi connectivity index (χ1v) is 7.88. The second-order valence-electron chi connectivity index (χ2n) is 4.93. The third kappa shape index (κ3) is 4.21. The maximum Gasteiger partial charge on any atom is 0.409 e. The summed E-state index contributed by atoms with van der Waals surface area (Å²) in [5.74, 6) is 0. The number of hydrogen-bond donors (Lipinski definition) is 1. The van der Waals surface area contributed by atoms with E-state index < -0.39 is 0 Å². The number of piperidine rings is 1. The molecule has 1 amide bonds. The average Bonchev–Trinajstić information content (AvgIpc) is 2.47.